The predicted molar refractivity (Wildman–Crippen MR) is 84.3 cm³/mol. The fraction of sp³-hybridized carbons (Fsp3) is 0.571. The molecule has 1 aliphatic heterocycles. The van der Waals surface area contributed by atoms with Gasteiger partial charge in [0.1, 0.15) is 0 Å². The van der Waals surface area contributed by atoms with Crippen molar-refractivity contribution in [2.45, 2.75) is 32.2 Å². The SMILES string of the molecule is Cc1cc(Br)c(NC2CCCN(C)CC2)cc1[N+](=O)[O-]. The first-order chi connectivity index (χ1) is 9.47. The maximum Gasteiger partial charge on any atom is 0.274 e. The lowest BCUT2D eigenvalue weighted by Gasteiger charge is -2.19. The zero-order chi connectivity index (χ0) is 14.7. The third-order valence-electron chi connectivity index (χ3n) is 3.79. The maximum atomic E-state index is 11.0. The standard InChI is InChI=1S/C14H20BrN3O2/c1-10-8-12(15)13(9-14(10)18(19)20)16-11-4-3-6-17(2)7-5-11/h8-9,11,16H,3-7H2,1-2H3. The van der Waals surface area contributed by atoms with Crippen molar-refractivity contribution in [1.82, 2.24) is 4.90 Å². The van der Waals surface area contributed by atoms with Crippen LogP contribution in [-0.4, -0.2) is 36.0 Å². The monoisotopic (exact) mass is 341 g/mol. The number of nitrogens with one attached hydrogen (secondary N) is 1. The number of nitro benzene ring substituents is 1. The van der Waals surface area contributed by atoms with Crippen LogP contribution < -0.4 is 5.32 Å². The van der Waals surface area contributed by atoms with E-state index in [1.807, 2.05) is 6.07 Å². The van der Waals surface area contributed by atoms with Crippen molar-refractivity contribution in [3.8, 4) is 0 Å². The van der Waals surface area contributed by atoms with Crippen LogP contribution in [0.3, 0.4) is 0 Å². The van der Waals surface area contributed by atoms with E-state index in [0.29, 0.717) is 11.6 Å². The van der Waals surface area contributed by atoms with E-state index in [4.69, 9.17) is 0 Å². The molecule has 1 aliphatic rings. The number of likely N-dealkylation sites (tertiary alicyclic amines) is 1. The van der Waals surface area contributed by atoms with E-state index in [2.05, 4.69) is 33.2 Å². The van der Waals surface area contributed by atoms with Crippen molar-refractivity contribution >= 4 is 27.3 Å². The summed E-state index contributed by atoms with van der Waals surface area (Å²) in [5, 5.41) is 14.5. The van der Waals surface area contributed by atoms with Crippen LogP contribution in [0.25, 0.3) is 0 Å². The summed E-state index contributed by atoms with van der Waals surface area (Å²) in [6, 6.07) is 3.82. The molecule has 1 aromatic carbocycles. The Hall–Kier alpha value is -1.14. The summed E-state index contributed by atoms with van der Waals surface area (Å²) in [6.07, 6.45) is 3.31. The molecule has 0 spiro atoms. The van der Waals surface area contributed by atoms with Crippen LogP contribution in [0, 0.1) is 17.0 Å². The number of benzene rings is 1. The summed E-state index contributed by atoms with van der Waals surface area (Å²) in [4.78, 5) is 13.0. The van der Waals surface area contributed by atoms with Gasteiger partial charge in [-0.2, -0.15) is 0 Å². The summed E-state index contributed by atoms with van der Waals surface area (Å²) in [5.74, 6) is 0. The minimum absolute atomic E-state index is 0.168. The average molecular weight is 342 g/mol. The lowest BCUT2D eigenvalue weighted by atomic mass is 10.1. The molecule has 5 nitrogen and oxygen atoms in total. The number of hydrogen-bond acceptors (Lipinski definition) is 4. The maximum absolute atomic E-state index is 11.0. The molecule has 1 heterocycles. The topological polar surface area (TPSA) is 58.4 Å². The smallest absolute Gasteiger partial charge is 0.274 e. The Morgan fingerprint density at radius 2 is 2.15 bits per heavy atom. The first kappa shape index (κ1) is 15.3. The van der Waals surface area contributed by atoms with Crippen molar-refractivity contribution in [2.24, 2.45) is 0 Å². The second-order valence-electron chi connectivity index (χ2n) is 5.45. The van der Waals surface area contributed by atoms with Crippen LogP contribution in [0.5, 0.6) is 0 Å². The van der Waals surface area contributed by atoms with Gasteiger partial charge in [0.25, 0.3) is 5.69 Å². The third kappa shape index (κ3) is 3.70. The number of hydrogen-bond donors (Lipinski definition) is 1. The van der Waals surface area contributed by atoms with Crippen molar-refractivity contribution in [2.75, 3.05) is 25.5 Å². The summed E-state index contributed by atoms with van der Waals surface area (Å²) in [6.45, 7) is 3.93. The van der Waals surface area contributed by atoms with Gasteiger partial charge in [-0.3, -0.25) is 10.1 Å². The Morgan fingerprint density at radius 3 is 2.85 bits per heavy atom. The fourth-order valence-electron chi connectivity index (χ4n) is 2.57. The molecule has 1 unspecified atom stereocenters. The third-order valence-corrected chi connectivity index (χ3v) is 4.45. The van der Waals surface area contributed by atoms with E-state index in [0.717, 1.165) is 42.5 Å². The van der Waals surface area contributed by atoms with Crippen molar-refractivity contribution in [1.29, 1.82) is 0 Å². The minimum Gasteiger partial charge on any atom is -0.381 e. The highest BCUT2D eigenvalue weighted by Gasteiger charge is 2.18. The number of nitro groups is 1. The molecule has 6 heteroatoms. The molecule has 0 aliphatic carbocycles. The van der Waals surface area contributed by atoms with E-state index >= 15 is 0 Å². The predicted octanol–water partition coefficient (Wildman–Crippen LogP) is 3.56. The molecule has 1 saturated heterocycles. The minimum atomic E-state index is -0.326. The van der Waals surface area contributed by atoms with Crippen molar-refractivity contribution in [3.05, 3.63) is 32.3 Å². The Labute approximate surface area is 127 Å². The molecule has 0 saturated carbocycles. The second kappa shape index (κ2) is 6.54. The van der Waals surface area contributed by atoms with E-state index < -0.39 is 0 Å². The van der Waals surface area contributed by atoms with Crippen LogP contribution in [0.2, 0.25) is 0 Å². The quantitative estimate of drug-likeness (QED) is 0.674. The molecule has 1 atom stereocenters. The van der Waals surface area contributed by atoms with Crippen LogP contribution >= 0.6 is 15.9 Å². The largest absolute Gasteiger partial charge is 0.381 e. The number of halogens is 1. The zero-order valence-corrected chi connectivity index (χ0v) is 13.4. The Balaban J connectivity index is 2.16. The number of aryl methyl sites for hydroxylation is 1. The number of nitrogens with zero attached hydrogens (tertiary/aromatic N) is 2. The molecule has 20 heavy (non-hydrogen) atoms. The number of rotatable bonds is 3. The van der Waals surface area contributed by atoms with E-state index in [1.165, 1.54) is 0 Å². The van der Waals surface area contributed by atoms with Gasteiger partial charge >= 0.3 is 0 Å². The van der Waals surface area contributed by atoms with E-state index in [9.17, 15) is 10.1 Å². The highest BCUT2D eigenvalue weighted by atomic mass is 79.9. The van der Waals surface area contributed by atoms with Gasteiger partial charge in [0.05, 0.1) is 10.6 Å². The van der Waals surface area contributed by atoms with Crippen molar-refractivity contribution in [3.63, 3.8) is 0 Å². The van der Waals surface area contributed by atoms with Crippen molar-refractivity contribution < 1.29 is 4.92 Å². The molecule has 0 radical (unpaired) electrons. The van der Waals surface area contributed by atoms with Gasteiger partial charge in [-0.1, -0.05) is 0 Å². The first-order valence-corrected chi connectivity index (χ1v) is 7.66. The number of anilines is 1. The Bertz CT molecular complexity index is 507. The van der Waals surface area contributed by atoms with Crippen LogP contribution in [0.4, 0.5) is 11.4 Å². The molecule has 1 N–H and O–H groups in total. The molecule has 1 fully saturated rings. The zero-order valence-electron chi connectivity index (χ0n) is 11.9. The normalized spacial score (nSPS) is 20.4. The van der Waals surface area contributed by atoms with Crippen LogP contribution in [-0.2, 0) is 0 Å². The second-order valence-corrected chi connectivity index (χ2v) is 6.31. The summed E-state index contributed by atoms with van der Waals surface area (Å²) in [5.41, 5.74) is 1.66. The van der Waals surface area contributed by atoms with E-state index in [-0.39, 0.29) is 10.6 Å². The Kier molecular flexibility index (Phi) is 4.99. The van der Waals surface area contributed by atoms with E-state index in [1.54, 1.807) is 13.0 Å². The molecule has 0 aromatic heterocycles. The van der Waals surface area contributed by atoms with Crippen LogP contribution in [0.1, 0.15) is 24.8 Å². The van der Waals surface area contributed by atoms with Gasteiger partial charge in [0, 0.05) is 22.1 Å². The molecular weight excluding hydrogens is 322 g/mol. The van der Waals surface area contributed by atoms with Crippen LogP contribution in [0.15, 0.2) is 16.6 Å². The summed E-state index contributed by atoms with van der Waals surface area (Å²) >= 11 is 3.49. The highest BCUT2D eigenvalue weighted by Crippen LogP contribution is 2.32. The molecule has 2 rings (SSSR count). The highest BCUT2D eigenvalue weighted by molar-refractivity contribution is 9.10. The lowest BCUT2D eigenvalue weighted by Crippen LogP contribution is -2.23. The lowest BCUT2D eigenvalue weighted by molar-refractivity contribution is -0.385. The van der Waals surface area contributed by atoms with Gasteiger partial charge < -0.3 is 10.2 Å². The van der Waals surface area contributed by atoms with Gasteiger partial charge in [-0.15, -0.1) is 0 Å². The Morgan fingerprint density at radius 1 is 1.40 bits per heavy atom. The first-order valence-electron chi connectivity index (χ1n) is 6.87. The fourth-order valence-corrected chi connectivity index (χ4v) is 3.15. The van der Waals surface area contributed by atoms with Gasteiger partial charge in [-0.05, 0) is 68.3 Å². The molecular formula is C14H20BrN3O2. The summed E-state index contributed by atoms with van der Waals surface area (Å²) < 4.78 is 0.887. The van der Waals surface area contributed by atoms with Gasteiger partial charge in [0.15, 0.2) is 0 Å². The van der Waals surface area contributed by atoms with Gasteiger partial charge in [-0.25, -0.2) is 0 Å². The molecule has 1 aromatic rings. The average Bonchev–Trinajstić information content (AvgIpc) is 2.57. The molecule has 110 valence electrons. The summed E-state index contributed by atoms with van der Waals surface area (Å²) in [7, 11) is 2.13. The molecule has 0 bridgehead atoms. The van der Waals surface area contributed by atoms with Gasteiger partial charge in [0.2, 0.25) is 0 Å². The molecule has 0 amide bonds.